The van der Waals surface area contributed by atoms with Crippen molar-refractivity contribution in [3.05, 3.63) is 47.2 Å². The van der Waals surface area contributed by atoms with Gasteiger partial charge in [-0.25, -0.2) is 0 Å². The average molecular weight is 276 g/mol. The van der Waals surface area contributed by atoms with E-state index in [1.165, 1.54) is 0 Å². The van der Waals surface area contributed by atoms with Crippen molar-refractivity contribution in [2.24, 2.45) is 17.8 Å². The summed E-state index contributed by atoms with van der Waals surface area (Å²) in [7, 11) is 1.90. The number of halogens is 1. The van der Waals surface area contributed by atoms with Gasteiger partial charge in [-0.15, -0.1) is 0 Å². The number of aliphatic imine (C=N–C) groups is 1. The summed E-state index contributed by atoms with van der Waals surface area (Å²) in [4.78, 5) is 6.32. The van der Waals surface area contributed by atoms with Gasteiger partial charge >= 0.3 is 0 Å². The Balaban J connectivity index is 1.99. The van der Waals surface area contributed by atoms with Crippen molar-refractivity contribution in [3.63, 3.8) is 0 Å². The SMILES string of the molecule is Cn1cc(C2CN=C(N)N2c2cccc(Cl)c2)cn1. The summed E-state index contributed by atoms with van der Waals surface area (Å²) >= 11 is 6.05. The van der Waals surface area contributed by atoms with Crippen LogP contribution in [0, 0.1) is 0 Å². The van der Waals surface area contributed by atoms with Gasteiger partial charge in [0.15, 0.2) is 5.96 Å². The lowest BCUT2D eigenvalue weighted by Gasteiger charge is -2.25. The van der Waals surface area contributed by atoms with E-state index in [0.29, 0.717) is 17.5 Å². The summed E-state index contributed by atoms with van der Waals surface area (Å²) in [6.07, 6.45) is 3.83. The molecule has 3 rings (SSSR count). The van der Waals surface area contributed by atoms with Crippen molar-refractivity contribution in [2.45, 2.75) is 6.04 Å². The van der Waals surface area contributed by atoms with Crippen LogP contribution in [0.3, 0.4) is 0 Å². The van der Waals surface area contributed by atoms with Crippen LogP contribution in [0.4, 0.5) is 5.69 Å². The van der Waals surface area contributed by atoms with Gasteiger partial charge in [-0.2, -0.15) is 5.10 Å². The van der Waals surface area contributed by atoms with Crippen LogP contribution in [0.1, 0.15) is 11.6 Å². The number of rotatable bonds is 2. The molecule has 1 aliphatic heterocycles. The first kappa shape index (κ1) is 12.0. The summed E-state index contributed by atoms with van der Waals surface area (Å²) < 4.78 is 1.78. The molecule has 5 nitrogen and oxygen atoms in total. The van der Waals surface area contributed by atoms with Crippen LogP contribution in [0.15, 0.2) is 41.7 Å². The summed E-state index contributed by atoms with van der Waals surface area (Å²) in [6, 6.07) is 7.69. The molecule has 1 unspecified atom stereocenters. The average Bonchev–Trinajstić information content (AvgIpc) is 2.95. The molecule has 2 aromatic rings. The second-order valence-electron chi connectivity index (χ2n) is 4.51. The molecule has 2 heterocycles. The molecule has 6 heteroatoms. The van der Waals surface area contributed by atoms with E-state index in [4.69, 9.17) is 17.3 Å². The molecule has 19 heavy (non-hydrogen) atoms. The van der Waals surface area contributed by atoms with Gasteiger partial charge in [0.1, 0.15) is 0 Å². The fraction of sp³-hybridized carbons (Fsp3) is 0.231. The van der Waals surface area contributed by atoms with Crippen LogP contribution in [0.25, 0.3) is 0 Å². The topological polar surface area (TPSA) is 59.4 Å². The molecule has 0 spiro atoms. The van der Waals surface area contributed by atoms with Crippen molar-refractivity contribution < 1.29 is 0 Å². The van der Waals surface area contributed by atoms with E-state index in [2.05, 4.69) is 10.1 Å². The van der Waals surface area contributed by atoms with E-state index in [-0.39, 0.29) is 6.04 Å². The predicted molar refractivity (Wildman–Crippen MR) is 76.4 cm³/mol. The van der Waals surface area contributed by atoms with Crippen LogP contribution < -0.4 is 10.6 Å². The third-order valence-electron chi connectivity index (χ3n) is 3.18. The van der Waals surface area contributed by atoms with Gasteiger partial charge in [-0.3, -0.25) is 9.67 Å². The first-order chi connectivity index (χ1) is 9.15. The summed E-state index contributed by atoms with van der Waals surface area (Å²) in [5.74, 6) is 0.510. The maximum atomic E-state index is 6.05. The van der Waals surface area contributed by atoms with Gasteiger partial charge in [0.05, 0.1) is 18.8 Å². The minimum atomic E-state index is 0.0761. The lowest BCUT2D eigenvalue weighted by atomic mass is 10.1. The number of guanidine groups is 1. The molecular weight excluding hydrogens is 262 g/mol. The van der Waals surface area contributed by atoms with Gasteiger partial charge in [0.25, 0.3) is 0 Å². The number of nitrogens with zero attached hydrogens (tertiary/aromatic N) is 4. The Labute approximate surface area is 116 Å². The van der Waals surface area contributed by atoms with E-state index >= 15 is 0 Å². The number of aromatic nitrogens is 2. The van der Waals surface area contributed by atoms with Gasteiger partial charge in [-0.05, 0) is 18.2 Å². The Bertz CT molecular complexity index is 633. The highest BCUT2D eigenvalue weighted by Crippen LogP contribution is 2.31. The van der Waals surface area contributed by atoms with Crippen molar-refractivity contribution in [3.8, 4) is 0 Å². The van der Waals surface area contributed by atoms with Crippen LogP contribution in [0.5, 0.6) is 0 Å². The lowest BCUT2D eigenvalue weighted by Crippen LogP contribution is -2.36. The first-order valence-corrected chi connectivity index (χ1v) is 6.36. The Kier molecular flexibility index (Phi) is 2.91. The highest BCUT2D eigenvalue weighted by Gasteiger charge is 2.29. The Hall–Kier alpha value is -2.01. The number of anilines is 1. The molecular formula is C13H14ClN5. The second-order valence-corrected chi connectivity index (χ2v) is 4.95. The van der Waals surface area contributed by atoms with Gasteiger partial charge < -0.3 is 10.6 Å². The van der Waals surface area contributed by atoms with Crippen molar-refractivity contribution in [1.82, 2.24) is 9.78 Å². The van der Waals surface area contributed by atoms with Crippen LogP contribution >= 0.6 is 11.6 Å². The third kappa shape index (κ3) is 2.17. The standard InChI is InChI=1S/C13H14ClN5/c1-18-8-9(6-17-18)12-7-16-13(15)19(12)11-4-2-3-10(14)5-11/h2-6,8,12H,7H2,1H3,(H2,15,16). The molecule has 1 aromatic carbocycles. The van der Waals surface area contributed by atoms with E-state index in [1.54, 1.807) is 4.68 Å². The van der Waals surface area contributed by atoms with Crippen LogP contribution in [-0.2, 0) is 7.05 Å². The van der Waals surface area contributed by atoms with Gasteiger partial charge in [0, 0.05) is 29.5 Å². The largest absolute Gasteiger partial charge is 0.369 e. The molecule has 98 valence electrons. The quantitative estimate of drug-likeness (QED) is 0.911. The predicted octanol–water partition coefficient (Wildman–Crippen LogP) is 1.95. The molecule has 0 bridgehead atoms. The number of nitrogens with two attached hydrogens (primary N) is 1. The van der Waals surface area contributed by atoms with E-state index < -0.39 is 0 Å². The van der Waals surface area contributed by atoms with E-state index in [9.17, 15) is 0 Å². The smallest absolute Gasteiger partial charge is 0.196 e. The zero-order chi connectivity index (χ0) is 13.4. The highest BCUT2D eigenvalue weighted by atomic mass is 35.5. The third-order valence-corrected chi connectivity index (χ3v) is 3.42. The van der Waals surface area contributed by atoms with Crippen molar-refractivity contribution in [1.29, 1.82) is 0 Å². The maximum Gasteiger partial charge on any atom is 0.196 e. The number of benzene rings is 1. The summed E-state index contributed by atoms with van der Waals surface area (Å²) in [5, 5.41) is 4.89. The molecule has 0 fully saturated rings. The first-order valence-electron chi connectivity index (χ1n) is 5.98. The van der Waals surface area contributed by atoms with Crippen molar-refractivity contribution in [2.75, 3.05) is 11.4 Å². The molecule has 0 saturated heterocycles. The fourth-order valence-electron chi connectivity index (χ4n) is 2.30. The zero-order valence-corrected chi connectivity index (χ0v) is 11.2. The Morgan fingerprint density at radius 2 is 2.26 bits per heavy atom. The zero-order valence-electron chi connectivity index (χ0n) is 10.5. The minimum absolute atomic E-state index is 0.0761. The Morgan fingerprint density at radius 1 is 1.42 bits per heavy atom. The number of hydrogen-bond donors (Lipinski definition) is 1. The summed E-state index contributed by atoms with van der Waals surface area (Å²) in [5.41, 5.74) is 8.04. The lowest BCUT2D eigenvalue weighted by molar-refractivity contribution is 0.752. The molecule has 1 aromatic heterocycles. The van der Waals surface area contributed by atoms with E-state index in [0.717, 1.165) is 11.3 Å². The molecule has 0 aliphatic carbocycles. The maximum absolute atomic E-state index is 6.05. The second kappa shape index (κ2) is 4.59. The van der Waals surface area contributed by atoms with Crippen molar-refractivity contribution >= 4 is 23.2 Å². The normalized spacial score (nSPS) is 18.7. The Morgan fingerprint density at radius 3 is 2.95 bits per heavy atom. The van der Waals surface area contributed by atoms with Gasteiger partial charge in [0.2, 0.25) is 0 Å². The highest BCUT2D eigenvalue weighted by molar-refractivity contribution is 6.30. The van der Waals surface area contributed by atoms with Crippen LogP contribution in [-0.4, -0.2) is 22.3 Å². The fourth-order valence-corrected chi connectivity index (χ4v) is 2.49. The minimum Gasteiger partial charge on any atom is -0.369 e. The molecule has 1 aliphatic rings. The van der Waals surface area contributed by atoms with E-state index in [1.807, 2.05) is 48.6 Å². The monoisotopic (exact) mass is 275 g/mol. The molecule has 0 saturated carbocycles. The number of hydrogen-bond acceptors (Lipinski definition) is 4. The molecule has 0 radical (unpaired) electrons. The van der Waals surface area contributed by atoms with Gasteiger partial charge in [-0.1, -0.05) is 17.7 Å². The number of aryl methyl sites for hydroxylation is 1. The molecule has 2 N–H and O–H groups in total. The molecule has 0 amide bonds. The van der Waals surface area contributed by atoms with Crippen LogP contribution in [0.2, 0.25) is 5.02 Å². The summed E-state index contributed by atoms with van der Waals surface area (Å²) in [6.45, 7) is 0.629. The molecule has 1 atom stereocenters.